The maximum Gasteiger partial charge on any atom is 0.270 e. The Hall–Kier alpha value is -2.78. The maximum absolute atomic E-state index is 12.8. The van der Waals surface area contributed by atoms with Gasteiger partial charge in [-0.3, -0.25) is 19.7 Å². The van der Waals surface area contributed by atoms with Crippen molar-refractivity contribution in [2.45, 2.75) is 26.2 Å². The average Bonchev–Trinajstić information content (AvgIpc) is 3.21. The van der Waals surface area contributed by atoms with Gasteiger partial charge in [-0.1, -0.05) is 6.92 Å². The van der Waals surface area contributed by atoms with Crippen LogP contribution in [-0.4, -0.2) is 16.7 Å². The Morgan fingerprint density at radius 3 is 2.79 bits per heavy atom. The number of nitrogens with two attached hydrogens (primary N) is 1. The number of anilines is 1. The second kappa shape index (κ2) is 6.99. The van der Waals surface area contributed by atoms with Gasteiger partial charge in [0.15, 0.2) is 0 Å². The smallest absolute Gasteiger partial charge is 0.270 e. The molecule has 4 rings (SSSR count). The fourth-order valence-electron chi connectivity index (χ4n) is 3.52. The highest BCUT2D eigenvalue weighted by molar-refractivity contribution is 7.21. The molecule has 3 aromatic rings. The van der Waals surface area contributed by atoms with Crippen LogP contribution in [0.1, 0.15) is 43.8 Å². The molecule has 2 amide bonds. The van der Waals surface area contributed by atoms with Crippen molar-refractivity contribution in [1.82, 2.24) is 0 Å². The lowest BCUT2D eigenvalue weighted by molar-refractivity contribution is -0.384. The Balaban J connectivity index is 1.66. The van der Waals surface area contributed by atoms with Gasteiger partial charge in [-0.15, -0.1) is 22.7 Å². The lowest BCUT2D eigenvalue weighted by Gasteiger charge is -2.18. The topological polar surface area (TPSA) is 115 Å². The number of primary amides is 1. The zero-order valence-electron chi connectivity index (χ0n) is 15.0. The molecule has 7 nitrogen and oxygen atoms in total. The van der Waals surface area contributed by atoms with Gasteiger partial charge in [0.2, 0.25) is 0 Å². The maximum atomic E-state index is 12.8. The van der Waals surface area contributed by atoms with Gasteiger partial charge < -0.3 is 11.1 Å². The van der Waals surface area contributed by atoms with Crippen molar-refractivity contribution in [2.24, 2.45) is 11.7 Å². The van der Waals surface area contributed by atoms with Crippen LogP contribution in [0.3, 0.4) is 0 Å². The molecular formula is C19H17N3O4S2. The Morgan fingerprint density at radius 2 is 2.07 bits per heavy atom. The Bertz CT molecular complexity index is 1130. The molecule has 2 aromatic heterocycles. The molecule has 1 aromatic carbocycles. The number of amides is 2. The van der Waals surface area contributed by atoms with Crippen LogP contribution < -0.4 is 11.1 Å². The van der Waals surface area contributed by atoms with E-state index in [1.807, 2.05) is 0 Å². The summed E-state index contributed by atoms with van der Waals surface area (Å²) in [4.78, 5) is 36.8. The van der Waals surface area contributed by atoms with Gasteiger partial charge in [-0.2, -0.15) is 0 Å². The number of hydrogen-bond acceptors (Lipinski definition) is 6. The van der Waals surface area contributed by atoms with E-state index in [9.17, 15) is 19.7 Å². The molecule has 0 saturated heterocycles. The molecule has 0 radical (unpaired) electrons. The van der Waals surface area contributed by atoms with Crippen LogP contribution in [0.25, 0.3) is 10.1 Å². The Labute approximate surface area is 168 Å². The van der Waals surface area contributed by atoms with Crippen molar-refractivity contribution in [3.05, 3.63) is 55.3 Å². The molecule has 1 aliphatic carbocycles. The first kappa shape index (κ1) is 18.6. The third-order valence-corrected chi connectivity index (χ3v) is 7.20. The molecule has 1 atom stereocenters. The van der Waals surface area contributed by atoms with E-state index >= 15 is 0 Å². The zero-order valence-corrected chi connectivity index (χ0v) is 16.6. The first-order chi connectivity index (χ1) is 13.3. The number of nitrogens with zero attached hydrogens (tertiary/aromatic N) is 1. The highest BCUT2D eigenvalue weighted by atomic mass is 32.1. The number of hydrogen-bond donors (Lipinski definition) is 2. The van der Waals surface area contributed by atoms with Crippen LogP contribution in [0, 0.1) is 16.0 Å². The van der Waals surface area contributed by atoms with Crippen LogP contribution >= 0.6 is 22.7 Å². The van der Waals surface area contributed by atoms with Gasteiger partial charge >= 0.3 is 0 Å². The van der Waals surface area contributed by atoms with Crippen molar-refractivity contribution in [1.29, 1.82) is 0 Å². The molecule has 2 heterocycles. The van der Waals surface area contributed by atoms with Crippen molar-refractivity contribution >= 4 is 55.3 Å². The van der Waals surface area contributed by atoms with Crippen LogP contribution in [0.2, 0.25) is 0 Å². The molecular weight excluding hydrogens is 398 g/mol. The second-order valence-corrected chi connectivity index (χ2v) is 9.15. The SMILES string of the molecule is C[C@H]1CCc2c(sc(NC(=O)c3cc4cc([N+](=O)[O-])ccc4s3)c2C(N)=O)C1. The minimum absolute atomic E-state index is 0.0201. The van der Waals surface area contributed by atoms with Crippen LogP contribution in [0.4, 0.5) is 10.7 Å². The van der Waals surface area contributed by atoms with E-state index in [0.29, 0.717) is 26.7 Å². The first-order valence-electron chi connectivity index (χ1n) is 8.77. The van der Waals surface area contributed by atoms with E-state index in [4.69, 9.17) is 5.73 Å². The number of carbonyl (C=O) groups is 2. The molecule has 0 aliphatic heterocycles. The van der Waals surface area contributed by atoms with Gasteiger partial charge in [0.1, 0.15) is 5.00 Å². The molecule has 0 saturated carbocycles. The summed E-state index contributed by atoms with van der Waals surface area (Å²) >= 11 is 2.66. The third-order valence-electron chi connectivity index (χ3n) is 4.92. The molecule has 1 aliphatic rings. The molecule has 0 unspecified atom stereocenters. The number of thiophene rings is 2. The fourth-order valence-corrected chi connectivity index (χ4v) is 5.87. The van der Waals surface area contributed by atoms with Crippen molar-refractivity contribution in [2.75, 3.05) is 5.32 Å². The Morgan fingerprint density at radius 1 is 1.29 bits per heavy atom. The second-order valence-electron chi connectivity index (χ2n) is 6.96. The highest BCUT2D eigenvalue weighted by Crippen LogP contribution is 2.40. The van der Waals surface area contributed by atoms with E-state index < -0.39 is 10.8 Å². The molecule has 0 fully saturated rings. The predicted octanol–water partition coefficient (Wildman–Crippen LogP) is 4.35. The van der Waals surface area contributed by atoms with Crippen LogP contribution in [0.5, 0.6) is 0 Å². The Kier molecular flexibility index (Phi) is 4.64. The largest absolute Gasteiger partial charge is 0.365 e. The van der Waals surface area contributed by atoms with Crippen LogP contribution in [-0.2, 0) is 12.8 Å². The number of rotatable bonds is 4. The quantitative estimate of drug-likeness (QED) is 0.487. The first-order valence-corrected chi connectivity index (χ1v) is 10.4. The minimum atomic E-state index is -0.533. The standard InChI is InChI=1S/C19H17N3O4S2/c1-9-2-4-12-14(6-9)28-19(16(12)17(20)23)21-18(24)15-8-10-7-11(22(25)26)3-5-13(10)27-15/h3,5,7-9H,2,4,6H2,1H3,(H2,20,23)(H,21,24)/t9-/m0/s1. The van der Waals surface area contributed by atoms with Crippen LogP contribution in [0.15, 0.2) is 24.3 Å². The molecule has 0 bridgehead atoms. The molecule has 3 N–H and O–H groups in total. The summed E-state index contributed by atoms with van der Waals surface area (Å²) in [6, 6.07) is 6.12. The highest BCUT2D eigenvalue weighted by Gasteiger charge is 2.27. The third kappa shape index (κ3) is 3.27. The number of nitro groups is 1. The van der Waals surface area contributed by atoms with Crippen molar-refractivity contribution in [3.8, 4) is 0 Å². The lowest BCUT2D eigenvalue weighted by Crippen LogP contribution is -2.19. The molecule has 28 heavy (non-hydrogen) atoms. The van der Waals surface area contributed by atoms with E-state index in [1.54, 1.807) is 12.1 Å². The molecule has 9 heteroatoms. The fraction of sp³-hybridized carbons (Fsp3) is 0.263. The van der Waals surface area contributed by atoms with Crippen molar-refractivity contribution < 1.29 is 14.5 Å². The number of fused-ring (bicyclic) bond motifs is 2. The number of benzene rings is 1. The summed E-state index contributed by atoms with van der Waals surface area (Å²) < 4.78 is 0.783. The van der Waals surface area contributed by atoms with E-state index in [1.165, 1.54) is 34.8 Å². The van der Waals surface area contributed by atoms with Gasteiger partial charge in [0, 0.05) is 27.1 Å². The zero-order chi connectivity index (χ0) is 20.0. The minimum Gasteiger partial charge on any atom is -0.365 e. The van der Waals surface area contributed by atoms with E-state index in [2.05, 4.69) is 12.2 Å². The number of nitro benzene ring substituents is 1. The summed E-state index contributed by atoms with van der Waals surface area (Å²) in [5, 5.41) is 14.9. The van der Waals surface area contributed by atoms with E-state index in [0.717, 1.165) is 34.4 Å². The predicted molar refractivity (Wildman–Crippen MR) is 110 cm³/mol. The number of carbonyl (C=O) groups excluding carboxylic acids is 2. The monoisotopic (exact) mass is 415 g/mol. The number of non-ortho nitro benzene ring substituents is 1. The van der Waals surface area contributed by atoms with Gasteiger partial charge in [0.25, 0.3) is 17.5 Å². The normalized spacial score (nSPS) is 16.0. The summed E-state index contributed by atoms with van der Waals surface area (Å²) in [6.07, 6.45) is 2.66. The molecule has 144 valence electrons. The summed E-state index contributed by atoms with van der Waals surface area (Å²) in [6.45, 7) is 2.17. The summed E-state index contributed by atoms with van der Waals surface area (Å²) in [5.74, 6) is -0.346. The van der Waals surface area contributed by atoms with Gasteiger partial charge in [0.05, 0.1) is 15.4 Å². The van der Waals surface area contributed by atoms with Crippen molar-refractivity contribution in [3.63, 3.8) is 0 Å². The average molecular weight is 415 g/mol. The van der Waals surface area contributed by atoms with Gasteiger partial charge in [-0.05, 0) is 42.9 Å². The van der Waals surface area contributed by atoms with Gasteiger partial charge in [-0.25, -0.2) is 0 Å². The summed E-state index contributed by atoms with van der Waals surface area (Å²) in [5.41, 5.74) is 6.94. The summed E-state index contributed by atoms with van der Waals surface area (Å²) in [7, 11) is 0. The van der Waals surface area contributed by atoms with E-state index in [-0.39, 0.29) is 11.6 Å². The molecule has 0 spiro atoms. The number of nitrogens with one attached hydrogen (secondary N) is 1. The lowest BCUT2D eigenvalue weighted by atomic mass is 9.88.